The van der Waals surface area contributed by atoms with E-state index in [0.717, 1.165) is 0 Å². The van der Waals surface area contributed by atoms with Crippen molar-refractivity contribution in [2.24, 2.45) is 14.1 Å². The van der Waals surface area contributed by atoms with Crippen LogP contribution < -0.4 is 14.8 Å². The molecule has 1 amide bonds. The van der Waals surface area contributed by atoms with Crippen LogP contribution in [0.2, 0.25) is 0 Å². The van der Waals surface area contributed by atoms with Gasteiger partial charge < -0.3 is 14.6 Å². The number of halogens is 1. The fraction of sp³-hybridized carbons (Fsp3) is 0.263. The number of sulfonamides is 1. The number of carbonyl (C=O) groups is 1. The Morgan fingerprint density at radius 3 is 2.77 bits per heavy atom. The molecule has 0 spiro atoms. The number of carbonyl (C=O) groups excluding carboxylic acids is 1. The zero-order chi connectivity index (χ0) is 21.6. The van der Waals surface area contributed by atoms with Gasteiger partial charge in [-0.15, -0.1) is 0 Å². The Bertz CT molecular complexity index is 1250. The number of anilines is 1. The van der Waals surface area contributed by atoms with Gasteiger partial charge >= 0.3 is 0 Å². The summed E-state index contributed by atoms with van der Waals surface area (Å²) in [4.78, 5) is 12.8. The predicted molar refractivity (Wildman–Crippen MR) is 106 cm³/mol. The molecule has 3 aromatic rings. The van der Waals surface area contributed by atoms with Crippen LogP contribution in [-0.4, -0.2) is 35.3 Å². The molecule has 0 fully saturated rings. The zero-order valence-electron chi connectivity index (χ0n) is 16.5. The number of fused-ring (bicyclic) bond motifs is 1. The molecule has 2 N–H and O–H groups in total. The van der Waals surface area contributed by atoms with E-state index < -0.39 is 22.0 Å². The number of amides is 1. The Hall–Kier alpha value is -3.18. The van der Waals surface area contributed by atoms with Crippen molar-refractivity contribution in [2.75, 3.05) is 11.9 Å². The van der Waals surface area contributed by atoms with E-state index in [0.29, 0.717) is 16.8 Å². The molecule has 30 heavy (non-hydrogen) atoms. The number of nitrogens with one attached hydrogen (secondary N) is 2. The van der Waals surface area contributed by atoms with Gasteiger partial charge in [0.2, 0.25) is 10.0 Å². The van der Waals surface area contributed by atoms with Gasteiger partial charge in [0, 0.05) is 37.7 Å². The highest BCUT2D eigenvalue weighted by Gasteiger charge is 2.35. The highest BCUT2D eigenvalue weighted by Crippen LogP contribution is 2.35. The lowest BCUT2D eigenvalue weighted by Crippen LogP contribution is -2.29. The normalized spacial score (nSPS) is 17.7. The highest BCUT2D eigenvalue weighted by atomic mass is 32.2. The van der Waals surface area contributed by atoms with E-state index in [9.17, 15) is 17.6 Å². The largest absolute Gasteiger partial charge is 0.488 e. The first kappa shape index (κ1) is 20.1. The van der Waals surface area contributed by atoms with Crippen LogP contribution in [0.15, 0.2) is 41.7 Å². The molecule has 0 radical (unpaired) electrons. The standard InChI is InChI=1S/C19H20FN5O4S/c1-11-6-13(4-5-14(11)20)22-19(26)17-18-16(9-24(17)2)30(27,28)23-15(10-29-18)12-7-21-25(3)8-12/h4-9,15,23H,10H2,1-3H3,(H,22,26). The number of aryl methyl sites for hydroxylation is 3. The minimum atomic E-state index is -3.95. The van der Waals surface area contributed by atoms with Crippen LogP contribution in [0.4, 0.5) is 10.1 Å². The Kier molecular flexibility index (Phi) is 4.86. The van der Waals surface area contributed by atoms with E-state index in [1.807, 2.05) is 0 Å². The average molecular weight is 433 g/mol. The first-order valence-corrected chi connectivity index (χ1v) is 10.5. The maximum Gasteiger partial charge on any atom is 0.276 e. The monoisotopic (exact) mass is 433 g/mol. The molecule has 1 unspecified atom stereocenters. The maximum atomic E-state index is 13.5. The van der Waals surface area contributed by atoms with E-state index in [1.165, 1.54) is 29.0 Å². The smallest absolute Gasteiger partial charge is 0.276 e. The quantitative estimate of drug-likeness (QED) is 0.656. The average Bonchev–Trinajstić information content (AvgIpc) is 3.22. The SMILES string of the molecule is Cc1cc(NC(=O)c2c3c(cn2C)S(=O)(=O)NC(c2cnn(C)c2)CO3)ccc1F. The summed E-state index contributed by atoms with van der Waals surface area (Å²) in [5.74, 6) is -0.991. The van der Waals surface area contributed by atoms with E-state index in [2.05, 4.69) is 15.1 Å². The Balaban J connectivity index is 1.67. The molecule has 0 aliphatic carbocycles. The summed E-state index contributed by atoms with van der Waals surface area (Å²) in [6.07, 6.45) is 4.57. The van der Waals surface area contributed by atoms with Crippen molar-refractivity contribution in [1.29, 1.82) is 0 Å². The molecule has 2 aromatic heterocycles. The summed E-state index contributed by atoms with van der Waals surface area (Å²) in [5, 5.41) is 6.72. The van der Waals surface area contributed by atoms with Crippen molar-refractivity contribution >= 4 is 21.6 Å². The lowest BCUT2D eigenvalue weighted by atomic mass is 10.2. The minimum Gasteiger partial charge on any atom is -0.488 e. The van der Waals surface area contributed by atoms with Gasteiger partial charge in [-0.2, -0.15) is 9.82 Å². The first-order valence-electron chi connectivity index (χ1n) is 9.06. The second-order valence-electron chi connectivity index (χ2n) is 7.13. The molecule has 3 heterocycles. The number of hydrogen-bond acceptors (Lipinski definition) is 5. The second kappa shape index (κ2) is 7.26. The third-order valence-corrected chi connectivity index (χ3v) is 6.31. The van der Waals surface area contributed by atoms with Crippen LogP contribution in [0.25, 0.3) is 0 Å². The number of hydrogen-bond donors (Lipinski definition) is 2. The molecule has 1 aliphatic heterocycles. The molecule has 11 heteroatoms. The van der Waals surface area contributed by atoms with Gasteiger partial charge in [-0.05, 0) is 30.7 Å². The van der Waals surface area contributed by atoms with E-state index in [4.69, 9.17) is 4.74 Å². The molecule has 1 atom stereocenters. The summed E-state index contributed by atoms with van der Waals surface area (Å²) in [6, 6.07) is 3.52. The van der Waals surface area contributed by atoms with Crippen molar-refractivity contribution < 1.29 is 22.3 Å². The maximum absolute atomic E-state index is 13.5. The number of ether oxygens (including phenoxy) is 1. The first-order chi connectivity index (χ1) is 14.2. The Morgan fingerprint density at radius 1 is 1.33 bits per heavy atom. The lowest BCUT2D eigenvalue weighted by Gasteiger charge is -2.14. The fourth-order valence-electron chi connectivity index (χ4n) is 3.32. The molecular weight excluding hydrogens is 413 g/mol. The summed E-state index contributed by atoms with van der Waals surface area (Å²) in [5.41, 5.74) is 1.45. The summed E-state index contributed by atoms with van der Waals surface area (Å²) in [7, 11) is -0.671. The third-order valence-electron chi connectivity index (χ3n) is 4.84. The Morgan fingerprint density at radius 2 is 2.10 bits per heavy atom. The molecule has 9 nitrogen and oxygen atoms in total. The lowest BCUT2D eigenvalue weighted by molar-refractivity contribution is 0.101. The zero-order valence-corrected chi connectivity index (χ0v) is 17.3. The van der Waals surface area contributed by atoms with Crippen molar-refractivity contribution in [2.45, 2.75) is 17.9 Å². The van der Waals surface area contributed by atoms with Gasteiger partial charge in [0.1, 0.15) is 17.3 Å². The van der Waals surface area contributed by atoms with Gasteiger partial charge in [0.25, 0.3) is 5.91 Å². The van der Waals surface area contributed by atoms with Crippen molar-refractivity contribution in [3.63, 3.8) is 0 Å². The molecule has 1 aromatic carbocycles. The van der Waals surface area contributed by atoms with Crippen molar-refractivity contribution in [1.82, 2.24) is 19.1 Å². The predicted octanol–water partition coefficient (Wildman–Crippen LogP) is 1.87. The van der Waals surface area contributed by atoms with Crippen LogP contribution in [0.5, 0.6) is 5.75 Å². The molecular formula is C19H20FN5O4S. The summed E-state index contributed by atoms with van der Waals surface area (Å²) < 4.78 is 50.6. The van der Waals surface area contributed by atoms with Crippen molar-refractivity contribution in [3.05, 3.63) is 59.4 Å². The Labute approximate surface area is 172 Å². The van der Waals surface area contributed by atoms with Gasteiger partial charge in [-0.25, -0.2) is 12.8 Å². The van der Waals surface area contributed by atoms with Crippen LogP contribution in [0, 0.1) is 12.7 Å². The molecule has 0 saturated heterocycles. The van der Waals surface area contributed by atoms with Crippen LogP contribution in [0.3, 0.4) is 0 Å². The molecule has 0 saturated carbocycles. The second-order valence-corrected chi connectivity index (χ2v) is 8.81. The third kappa shape index (κ3) is 3.57. The highest BCUT2D eigenvalue weighted by molar-refractivity contribution is 7.89. The van der Waals surface area contributed by atoms with E-state index >= 15 is 0 Å². The van der Waals surface area contributed by atoms with E-state index in [1.54, 1.807) is 38.1 Å². The van der Waals surface area contributed by atoms with Crippen molar-refractivity contribution in [3.8, 4) is 5.75 Å². The minimum absolute atomic E-state index is 0.0160. The number of rotatable bonds is 3. The van der Waals surface area contributed by atoms with Gasteiger partial charge in [-0.3, -0.25) is 9.48 Å². The molecule has 0 bridgehead atoms. The summed E-state index contributed by atoms with van der Waals surface area (Å²) in [6.45, 7) is 1.57. The molecule has 4 rings (SSSR count). The fourth-order valence-corrected chi connectivity index (χ4v) is 4.72. The van der Waals surface area contributed by atoms with Crippen LogP contribution in [0.1, 0.15) is 27.7 Å². The number of benzene rings is 1. The number of aromatic nitrogens is 3. The number of nitrogens with zero attached hydrogens (tertiary/aromatic N) is 3. The van der Waals surface area contributed by atoms with Gasteiger partial charge in [0.05, 0.1) is 12.2 Å². The molecule has 1 aliphatic rings. The van der Waals surface area contributed by atoms with Crippen LogP contribution in [-0.2, 0) is 24.1 Å². The topological polar surface area (TPSA) is 107 Å². The van der Waals surface area contributed by atoms with Gasteiger partial charge in [-0.1, -0.05) is 0 Å². The summed E-state index contributed by atoms with van der Waals surface area (Å²) >= 11 is 0. The molecule has 158 valence electrons. The van der Waals surface area contributed by atoms with Gasteiger partial charge in [0.15, 0.2) is 11.4 Å². The van der Waals surface area contributed by atoms with E-state index in [-0.39, 0.29) is 28.8 Å². The van der Waals surface area contributed by atoms with Crippen LogP contribution >= 0.6 is 0 Å².